The molecular formula is C16H13Br4N. The van der Waals surface area contributed by atoms with E-state index in [0.717, 1.165) is 24.4 Å². The summed E-state index contributed by atoms with van der Waals surface area (Å²) in [6.07, 6.45) is 2.35. The van der Waals surface area contributed by atoms with E-state index < -0.39 is 0 Å². The normalized spacial score (nSPS) is 11.7. The zero-order chi connectivity index (χ0) is 15.1. The first-order valence-corrected chi connectivity index (χ1v) is 9.96. The molecule has 0 radical (unpaired) electrons. The summed E-state index contributed by atoms with van der Waals surface area (Å²) in [6.45, 7) is 3.25. The molecule has 0 amide bonds. The van der Waals surface area contributed by atoms with Crippen LogP contribution in [0.3, 0.4) is 0 Å². The minimum absolute atomic E-state index is 1.02. The van der Waals surface area contributed by atoms with Gasteiger partial charge in [-0.15, -0.1) is 0 Å². The van der Waals surface area contributed by atoms with Crippen LogP contribution in [0.25, 0.3) is 21.8 Å². The molecule has 2 aromatic carbocycles. The van der Waals surface area contributed by atoms with Crippen LogP contribution in [-0.4, -0.2) is 4.57 Å². The molecular weight excluding hydrogens is 526 g/mol. The summed E-state index contributed by atoms with van der Waals surface area (Å²) in [6, 6.07) is 8.63. The van der Waals surface area contributed by atoms with Crippen LogP contribution in [0.15, 0.2) is 42.2 Å². The van der Waals surface area contributed by atoms with Crippen LogP contribution in [0.4, 0.5) is 0 Å². The number of halogens is 4. The number of fused-ring (bicyclic) bond motifs is 3. The van der Waals surface area contributed by atoms with Crippen molar-refractivity contribution >= 4 is 85.5 Å². The molecule has 21 heavy (non-hydrogen) atoms. The third-order valence-corrected chi connectivity index (χ3v) is 5.75. The molecule has 0 fully saturated rings. The fourth-order valence-electron chi connectivity index (χ4n) is 2.74. The van der Waals surface area contributed by atoms with E-state index in [1.165, 1.54) is 34.6 Å². The lowest BCUT2D eigenvalue weighted by Crippen LogP contribution is -1.98. The average Bonchev–Trinajstić information content (AvgIpc) is 2.71. The first-order chi connectivity index (χ1) is 10.0. The topological polar surface area (TPSA) is 4.93 Å². The van der Waals surface area contributed by atoms with Crippen molar-refractivity contribution in [1.29, 1.82) is 0 Å². The summed E-state index contributed by atoms with van der Waals surface area (Å²) < 4.78 is 6.85. The second kappa shape index (κ2) is 6.34. The number of rotatable bonds is 3. The van der Waals surface area contributed by atoms with E-state index in [4.69, 9.17) is 0 Å². The third-order valence-electron chi connectivity index (χ3n) is 3.62. The smallest absolute Gasteiger partial charge is 0.0636 e. The van der Waals surface area contributed by atoms with E-state index in [1.54, 1.807) is 0 Å². The minimum atomic E-state index is 1.02. The molecule has 0 unspecified atom stereocenters. The van der Waals surface area contributed by atoms with Gasteiger partial charge in [-0.1, -0.05) is 45.2 Å². The standard InChI is InChI=1S/C16H13Br4N/c1-2-3-4-21-15-11(5-9(17)7-13(15)19)12-6-10(18)8-14(20)16(12)21/h5-8H,2-4H2,1H3. The Morgan fingerprint density at radius 1 is 0.810 bits per heavy atom. The molecule has 1 aromatic heterocycles. The quantitative estimate of drug-likeness (QED) is 0.323. The van der Waals surface area contributed by atoms with E-state index >= 15 is 0 Å². The highest BCUT2D eigenvalue weighted by Crippen LogP contribution is 2.40. The number of aromatic nitrogens is 1. The summed E-state index contributed by atoms with van der Waals surface area (Å²) in [7, 11) is 0. The lowest BCUT2D eigenvalue weighted by atomic mass is 10.1. The van der Waals surface area contributed by atoms with Crippen LogP contribution in [0.5, 0.6) is 0 Å². The Kier molecular flexibility index (Phi) is 4.84. The number of hydrogen-bond acceptors (Lipinski definition) is 0. The lowest BCUT2D eigenvalue weighted by molar-refractivity contribution is 0.664. The molecule has 0 aliphatic carbocycles. The number of aryl methyl sites for hydroxylation is 1. The highest BCUT2D eigenvalue weighted by Gasteiger charge is 2.16. The first-order valence-electron chi connectivity index (χ1n) is 6.79. The molecule has 0 spiro atoms. The number of nitrogens with zero attached hydrogens (tertiary/aromatic N) is 1. The van der Waals surface area contributed by atoms with Crippen molar-refractivity contribution in [3.8, 4) is 0 Å². The van der Waals surface area contributed by atoms with Gasteiger partial charge >= 0.3 is 0 Å². The monoisotopic (exact) mass is 535 g/mol. The molecule has 110 valence electrons. The molecule has 5 heteroatoms. The Balaban J connectivity index is 2.49. The summed E-state index contributed by atoms with van der Waals surface area (Å²) in [5.41, 5.74) is 2.53. The van der Waals surface area contributed by atoms with Crippen molar-refractivity contribution < 1.29 is 0 Å². The maximum atomic E-state index is 3.73. The first kappa shape index (κ1) is 16.0. The molecule has 3 aromatic rings. The van der Waals surface area contributed by atoms with Gasteiger partial charge in [-0.05, 0) is 62.5 Å². The summed E-state index contributed by atoms with van der Waals surface area (Å²) >= 11 is 14.7. The van der Waals surface area contributed by atoms with E-state index in [1.807, 2.05) is 0 Å². The number of benzene rings is 2. The van der Waals surface area contributed by atoms with Crippen molar-refractivity contribution in [2.75, 3.05) is 0 Å². The van der Waals surface area contributed by atoms with Crippen LogP contribution in [0, 0.1) is 0 Å². The van der Waals surface area contributed by atoms with Gasteiger partial charge in [0.15, 0.2) is 0 Å². The Morgan fingerprint density at radius 2 is 1.29 bits per heavy atom. The SMILES string of the molecule is CCCCn1c2c(Br)cc(Br)cc2c2cc(Br)cc(Br)c21. The van der Waals surface area contributed by atoms with Crippen LogP contribution in [0.1, 0.15) is 19.8 Å². The van der Waals surface area contributed by atoms with E-state index in [2.05, 4.69) is 99.5 Å². The van der Waals surface area contributed by atoms with Gasteiger partial charge in [0.25, 0.3) is 0 Å². The van der Waals surface area contributed by atoms with Gasteiger partial charge in [-0.25, -0.2) is 0 Å². The lowest BCUT2D eigenvalue weighted by Gasteiger charge is -2.09. The van der Waals surface area contributed by atoms with Gasteiger partial charge in [0.1, 0.15) is 0 Å². The Labute approximate surface area is 157 Å². The van der Waals surface area contributed by atoms with Gasteiger partial charge in [0, 0.05) is 35.2 Å². The minimum Gasteiger partial charge on any atom is -0.339 e. The molecule has 0 aliphatic rings. The van der Waals surface area contributed by atoms with Crippen molar-refractivity contribution in [1.82, 2.24) is 4.57 Å². The van der Waals surface area contributed by atoms with E-state index in [9.17, 15) is 0 Å². The Morgan fingerprint density at radius 3 is 1.71 bits per heavy atom. The molecule has 1 nitrogen and oxygen atoms in total. The summed E-state index contributed by atoms with van der Waals surface area (Å²) in [5, 5.41) is 2.54. The molecule has 0 atom stereocenters. The predicted molar refractivity (Wildman–Crippen MR) is 105 cm³/mol. The molecule has 0 saturated carbocycles. The molecule has 3 rings (SSSR count). The average molecular weight is 539 g/mol. The van der Waals surface area contributed by atoms with Crippen LogP contribution >= 0.6 is 63.7 Å². The van der Waals surface area contributed by atoms with E-state index in [0.29, 0.717) is 0 Å². The van der Waals surface area contributed by atoms with Gasteiger partial charge in [0.05, 0.1) is 11.0 Å². The van der Waals surface area contributed by atoms with Crippen LogP contribution in [-0.2, 0) is 6.54 Å². The largest absolute Gasteiger partial charge is 0.339 e. The van der Waals surface area contributed by atoms with Crippen molar-refractivity contribution in [2.45, 2.75) is 26.3 Å². The van der Waals surface area contributed by atoms with Crippen molar-refractivity contribution in [3.63, 3.8) is 0 Å². The third kappa shape index (κ3) is 2.87. The predicted octanol–water partition coefficient (Wildman–Crippen LogP) is 7.64. The molecule has 1 heterocycles. The van der Waals surface area contributed by atoms with Crippen molar-refractivity contribution in [3.05, 3.63) is 42.2 Å². The number of unbranched alkanes of at least 4 members (excludes halogenated alkanes) is 1. The fraction of sp³-hybridized carbons (Fsp3) is 0.250. The zero-order valence-electron chi connectivity index (χ0n) is 11.4. The summed E-state index contributed by atoms with van der Waals surface area (Å²) in [4.78, 5) is 0. The van der Waals surface area contributed by atoms with Gasteiger partial charge in [-0.3, -0.25) is 0 Å². The van der Waals surface area contributed by atoms with Gasteiger partial charge in [0.2, 0.25) is 0 Å². The van der Waals surface area contributed by atoms with Crippen LogP contribution < -0.4 is 0 Å². The Bertz CT molecular complexity index is 770. The highest BCUT2D eigenvalue weighted by molar-refractivity contribution is 9.11. The second-order valence-corrected chi connectivity index (χ2v) is 8.61. The molecule has 0 saturated heterocycles. The van der Waals surface area contributed by atoms with Crippen molar-refractivity contribution in [2.24, 2.45) is 0 Å². The molecule has 0 bridgehead atoms. The van der Waals surface area contributed by atoms with Gasteiger partial charge < -0.3 is 4.57 Å². The van der Waals surface area contributed by atoms with Gasteiger partial charge in [-0.2, -0.15) is 0 Å². The molecule has 0 aliphatic heterocycles. The van der Waals surface area contributed by atoms with E-state index in [-0.39, 0.29) is 0 Å². The fourth-order valence-corrected chi connectivity index (χ4v) is 5.62. The summed E-state index contributed by atoms with van der Waals surface area (Å²) in [5.74, 6) is 0. The van der Waals surface area contributed by atoms with Crippen LogP contribution in [0.2, 0.25) is 0 Å². The second-order valence-electron chi connectivity index (χ2n) is 5.07. The zero-order valence-corrected chi connectivity index (χ0v) is 17.7. The highest BCUT2D eigenvalue weighted by atomic mass is 79.9. The maximum Gasteiger partial charge on any atom is 0.0636 e. The molecule has 0 N–H and O–H groups in total. The Hall–Kier alpha value is 0.160. The number of hydrogen-bond donors (Lipinski definition) is 0. The maximum absolute atomic E-state index is 3.73.